The maximum Gasteiger partial charge on any atom is 0.254 e. The molecule has 6 nitrogen and oxygen atoms in total. The Kier molecular flexibility index (Phi) is 7.00. The van der Waals surface area contributed by atoms with Crippen molar-refractivity contribution < 1.29 is 9.59 Å². The Morgan fingerprint density at radius 1 is 0.857 bits per heavy atom. The Labute approximate surface area is 206 Å². The number of carbonyl (C=O) groups excluding carboxylic acids is 2. The highest BCUT2D eigenvalue weighted by molar-refractivity contribution is 6.05. The van der Waals surface area contributed by atoms with Crippen LogP contribution < -0.4 is 16.4 Å². The van der Waals surface area contributed by atoms with Crippen LogP contribution in [-0.2, 0) is 4.79 Å². The van der Waals surface area contributed by atoms with E-state index in [1.165, 1.54) is 12.8 Å². The molecule has 0 spiro atoms. The molecule has 3 aromatic rings. The summed E-state index contributed by atoms with van der Waals surface area (Å²) in [5.41, 5.74) is 7.83. The van der Waals surface area contributed by atoms with Gasteiger partial charge in [-0.15, -0.1) is 0 Å². The number of benzene rings is 3. The van der Waals surface area contributed by atoms with Crippen LogP contribution in [0, 0.1) is 11.8 Å². The smallest absolute Gasteiger partial charge is 0.254 e. The SMILES string of the molecule is Nc1cc2ccccc2cc1C(=O)NC(C(=O)N1CCC(C2CCNCC2)CC1)c1ccccc1. The van der Waals surface area contributed by atoms with Crippen LogP contribution in [0.2, 0.25) is 0 Å². The fourth-order valence-electron chi connectivity index (χ4n) is 5.69. The van der Waals surface area contributed by atoms with Crippen LogP contribution in [0.25, 0.3) is 10.8 Å². The van der Waals surface area contributed by atoms with Crippen molar-refractivity contribution in [3.05, 3.63) is 77.9 Å². The molecule has 2 heterocycles. The maximum absolute atomic E-state index is 13.7. The van der Waals surface area contributed by atoms with Gasteiger partial charge < -0.3 is 21.3 Å². The van der Waals surface area contributed by atoms with Gasteiger partial charge in [-0.1, -0.05) is 54.6 Å². The fourth-order valence-corrected chi connectivity index (χ4v) is 5.69. The predicted molar refractivity (Wildman–Crippen MR) is 140 cm³/mol. The summed E-state index contributed by atoms with van der Waals surface area (Å²) in [6.07, 6.45) is 4.52. The van der Waals surface area contributed by atoms with Crippen LogP contribution in [0.5, 0.6) is 0 Å². The number of hydrogen-bond donors (Lipinski definition) is 3. The number of nitrogens with two attached hydrogens (primary N) is 1. The average molecular weight is 471 g/mol. The number of nitrogens with zero attached hydrogens (tertiary/aromatic N) is 1. The summed E-state index contributed by atoms with van der Waals surface area (Å²) in [6.45, 7) is 3.68. The van der Waals surface area contributed by atoms with Crippen molar-refractivity contribution in [2.24, 2.45) is 11.8 Å². The number of likely N-dealkylation sites (tertiary alicyclic amines) is 1. The number of piperidine rings is 2. The van der Waals surface area contributed by atoms with Gasteiger partial charge in [0.05, 0.1) is 5.56 Å². The van der Waals surface area contributed by atoms with E-state index in [-0.39, 0.29) is 11.8 Å². The van der Waals surface area contributed by atoms with Gasteiger partial charge in [0.25, 0.3) is 5.91 Å². The van der Waals surface area contributed by atoms with Crippen LogP contribution in [0.15, 0.2) is 66.7 Å². The maximum atomic E-state index is 13.7. The average Bonchev–Trinajstić information content (AvgIpc) is 2.92. The summed E-state index contributed by atoms with van der Waals surface area (Å²) in [5.74, 6) is 1.06. The number of hydrogen-bond acceptors (Lipinski definition) is 4. The van der Waals surface area contributed by atoms with Crippen LogP contribution >= 0.6 is 0 Å². The van der Waals surface area contributed by atoms with Gasteiger partial charge in [-0.25, -0.2) is 0 Å². The van der Waals surface area contributed by atoms with Gasteiger partial charge in [0.15, 0.2) is 0 Å². The largest absolute Gasteiger partial charge is 0.398 e. The molecule has 0 saturated carbocycles. The Balaban J connectivity index is 1.33. The minimum atomic E-state index is -0.745. The first-order valence-electron chi connectivity index (χ1n) is 12.7. The molecule has 1 atom stereocenters. The quantitative estimate of drug-likeness (QED) is 0.489. The molecule has 0 aliphatic carbocycles. The van der Waals surface area contributed by atoms with Gasteiger partial charge in [0.2, 0.25) is 5.91 Å². The first kappa shape index (κ1) is 23.4. The minimum absolute atomic E-state index is 0.0485. The molecule has 3 aromatic carbocycles. The summed E-state index contributed by atoms with van der Waals surface area (Å²) in [6, 6.07) is 20.2. The Bertz CT molecular complexity index is 1180. The van der Waals surface area contributed by atoms with Crippen molar-refractivity contribution in [1.82, 2.24) is 15.5 Å². The van der Waals surface area contributed by atoms with Crippen molar-refractivity contribution in [3.8, 4) is 0 Å². The van der Waals surface area contributed by atoms with Gasteiger partial charge in [-0.2, -0.15) is 0 Å². The lowest BCUT2D eigenvalue weighted by molar-refractivity contribution is -0.135. The topological polar surface area (TPSA) is 87.5 Å². The van der Waals surface area contributed by atoms with Gasteiger partial charge >= 0.3 is 0 Å². The molecule has 35 heavy (non-hydrogen) atoms. The van der Waals surface area contributed by atoms with E-state index in [9.17, 15) is 9.59 Å². The van der Waals surface area contributed by atoms with Crippen LogP contribution in [0.1, 0.15) is 47.6 Å². The molecule has 2 aliphatic rings. The number of nitrogen functional groups attached to an aromatic ring is 1. The number of fused-ring (bicyclic) bond motifs is 1. The second-order valence-corrected chi connectivity index (χ2v) is 9.85. The lowest BCUT2D eigenvalue weighted by atomic mass is 9.79. The van der Waals surface area contributed by atoms with Crippen molar-refractivity contribution in [1.29, 1.82) is 0 Å². The minimum Gasteiger partial charge on any atom is -0.398 e. The molecule has 2 fully saturated rings. The third-order valence-corrected chi connectivity index (χ3v) is 7.72. The normalized spacial score (nSPS) is 18.3. The number of anilines is 1. The summed E-state index contributed by atoms with van der Waals surface area (Å²) < 4.78 is 0. The molecule has 0 radical (unpaired) electrons. The first-order chi connectivity index (χ1) is 17.1. The van der Waals surface area contributed by atoms with Crippen molar-refractivity contribution in [2.45, 2.75) is 31.7 Å². The molecule has 2 saturated heterocycles. The van der Waals surface area contributed by atoms with Crippen LogP contribution in [-0.4, -0.2) is 42.9 Å². The zero-order valence-corrected chi connectivity index (χ0v) is 20.1. The molecule has 4 N–H and O–H groups in total. The molecule has 0 bridgehead atoms. The number of rotatable bonds is 5. The molecular formula is C29H34N4O2. The van der Waals surface area contributed by atoms with Crippen molar-refractivity contribution in [2.75, 3.05) is 31.9 Å². The Morgan fingerprint density at radius 2 is 1.46 bits per heavy atom. The zero-order chi connectivity index (χ0) is 24.2. The van der Waals surface area contributed by atoms with E-state index in [1.54, 1.807) is 6.07 Å². The highest BCUT2D eigenvalue weighted by atomic mass is 16.2. The van der Waals surface area contributed by atoms with Gasteiger partial charge in [0, 0.05) is 18.8 Å². The van der Waals surface area contributed by atoms with Gasteiger partial charge in [-0.3, -0.25) is 9.59 Å². The van der Waals surface area contributed by atoms with Gasteiger partial charge in [-0.05, 0) is 79.1 Å². The first-order valence-corrected chi connectivity index (χ1v) is 12.7. The molecular weight excluding hydrogens is 436 g/mol. The van der Waals surface area contributed by atoms with Crippen LogP contribution in [0.4, 0.5) is 5.69 Å². The highest BCUT2D eigenvalue weighted by Gasteiger charge is 2.33. The molecule has 2 amide bonds. The molecule has 6 heteroatoms. The molecule has 2 aliphatic heterocycles. The fraction of sp³-hybridized carbons (Fsp3) is 0.379. The predicted octanol–water partition coefficient (Wildman–Crippen LogP) is 4.13. The van der Waals surface area contributed by atoms with E-state index in [0.29, 0.717) is 17.2 Å². The molecule has 182 valence electrons. The second kappa shape index (κ2) is 10.5. The Morgan fingerprint density at radius 3 is 2.14 bits per heavy atom. The van der Waals surface area contributed by atoms with E-state index < -0.39 is 6.04 Å². The number of nitrogens with one attached hydrogen (secondary N) is 2. The van der Waals surface area contributed by atoms with Gasteiger partial charge in [0.1, 0.15) is 6.04 Å². The number of amides is 2. The lowest BCUT2D eigenvalue weighted by Gasteiger charge is -2.39. The number of carbonyl (C=O) groups is 2. The molecule has 1 unspecified atom stereocenters. The highest BCUT2D eigenvalue weighted by Crippen LogP contribution is 2.32. The summed E-state index contributed by atoms with van der Waals surface area (Å²) >= 11 is 0. The van der Waals surface area contributed by atoms with E-state index in [1.807, 2.05) is 65.6 Å². The van der Waals surface area contributed by atoms with Crippen molar-refractivity contribution in [3.63, 3.8) is 0 Å². The molecule has 0 aromatic heterocycles. The summed E-state index contributed by atoms with van der Waals surface area (Å²) in [5, 5.41) is 8.37. The van der Waals surface area contributed by atoms with E-state index >= 15 is 0 Å². The molecule has 5 rings (SSSR count). The zero-order valence-electron chi connectivity index (χ0n) is 20.1. The van der Waals surface area contributed by atoms with Crippen molar-refractivity contribution >= 4 is 28.3 Å². The van der Waals surface area contributed by atoms with Crippen LogP contribution in [0.3, 0.4) is 0 Å². The standard InChI is InChI=1S/C29H34N4O2/c30-26-19-24-9-5-4-8-23(24)18-25(26)28(34)32-27(22-6-2-1-3-7-22)29(35)33-16-12-21(13-17-33)20-10-14-31-15-11-20/h1-9,18-21,27,31H,10-17,30H2,(H,32,34). The third-order valence-electron chi connectivity index (χ3n) is 7.72. The van der Waals surface area contributed by atoms with E-state index in [4.69, 9.17) is 5.73 Å². The Hall–Kier alpha value is -3.38. The van der Waals surface area contributed by atoms with E-state index in [0.717, 1.165) is 61.3 Å². The second-order valence-electron chi connectivity index (χ2n) is 9.85. The summed E-state index contributed by atoms with van der Waals surface area (Å²) in [7, 11) is 0. The third kappa shape index (κ3) is 5.17. The monoisotopic (exact) mass is 470 g/mol. The lowest BCUT2D eigenvalue weighted by Crippen LogP contribution is -2.47. The summed E-state index contributed by atoms with van der Waals surface area (Å²) in [4.78, 5) is 29.0. The van der Waals surface area contributed by atoms with E-state index in [2.05, 4.69) is 10.6 Å².